The standard InChI is InChI=1S/C20H28N4O3S/c21-9-4-3-8-19(26)24-11-5-10-23(12-13-24)17-7-2-1-6-16(17)14-18(20(22)27)28-15-25/h1-2,6-7,14-15H,3-5,8-13,21H2,(H2,22,27)/b18-14-. The Morgan fingerprint density at radius 2 is 1.89 bits per heavy atom. The van der Waals surface area contributed by atoms with Crippen LogP contribution in [0.25, 0.3) is 6.08 Å². The van der Waals surface area contributed by atoms with Crippen LogP contribution in [0.2, 0.25) is 0 Å². The molecule has 0 bridgehead atoms. The molecular formula is C20H28N4O3S. The molecule has 8 heteroatoms. The molecule has 0 atom stereocenters. The fourth-order valence-corrected chi connectivity index (χ4v) is 3.66. The molecule has 0 radical (unpaired) electrons. The average Bonchev–Trinajstić information content (AvgIpc) is 2.94. The number of unbranched alkanes of at least 4 members (excludes halogenated alkanes) is 1. The number of benzene rings is 1. The second-order valence-electron chi connectivity index (χ2n) is 6.61. The molecule has 2 rings (SSSR count). The molecular weight excluding hydrogens is 376 g/mol. The molecule has 0 aliphatic carbocycles. The SMILES string of the molecule is NCCCCC(=O)N1CCCN(c2ccccc2/C=C(\SC=O)C(N)=O)CC1. The van der Waals surface area contributed by atoms with E-state index in [1.807, 2.05) is 29.2 Å². The molecule has 2 amide bonds. The van der Waals surface area contributed by atoms with E-state index in [1.54, 1.807) is 6.08 Å². The monoisotopic (exact) mass is 404 g/mol. The molecule has 1 aliphatic heterocycles. The van der Waals surface area contributed by atoms with Crippen molar-refractivity contribution in [1.29, 1.82) is 0 Å². The van der Waals surface area contributed by atoms with Crippen LogP contribution in [-0.4, -0.2) is 55.1 Å². The number of primary amides is 1. The highest BCUT2D eigenvalue weighted by molar-refractivity contribution is 8.16. The molecule has 1 fully saturated rings. The summed E-state index contributed by atoms with van der Waals surface area (Å²) in [6.07, 6.45) is 4.76. The number of anilines is 1. The highest BCUT2D eigenvalue weighted by Gasteiger charge is 2.20. The van der Waals surface area contributed by atoms with Crippen molar-refractivity contribution in [3.05, 3.63) is 34.7 Å². The number of thioether (sulfide) groups is 1. The number of nitrogens with zero attached hydrogens (tertiary/aromatic N) is 2. The van der Waals surface area contributed by atoms with Crippen molar-refractivity contribution in [1.82, 2.24) is 4.90 Å². The van der Waals surface area contributed by atoms with Gasteiger partial charge in [-0.3, -0.25) is 14.4 Å². The number of hydrogen-bond acceptors (Lipinski definition) is 6. The van der Waals surface area contributed by atoms with Crippen molar-refractivity contribution in [3.63, 3.8) is 0 Å². The molecule has 28 heavy (non-hydrogen) atoms. The van der Waals surface area contributed by atoms with Crippen molar-refractivity contribution in [2.45, 2.75) is 25.7 Å². The summed E-state index contributed by atoms with van der Waals surface area (Å²) in [5, 5.41) is 0. The Labute approximate surface area is 170 Å². The summed E-state index contributed by atoms with van der Waals surface area (Å²) in [7, 11) is 0. The molecule has 1 saturated heterocycles. The third kappa shape index (κ3) is 6.38. The van der Waals surface area contributed by atoms with Gasteiger partial charge in [0.25, 0.3) is 5.91 Å². The molecule has 1 aliphatic rings. The molecule has 152 valence electrons. The maximum absolute atomic E-state index is 12.4. The van der Waals surface area contributed by atoms with E-state index in [2.05, 4.69) is 4.90 Å². The zero-order valence-electron chi connectivity index (χ0n) is 16.0. The van der Waals surface area contributed by atoms with E-state index >= 15 is 0 Å². The number of rotatable bonds is 9. The van der Waals surface area contributed by atoms with Gasteiger partial charge in [-0.1, -0.05) is 18.2 Å². The zero-order chi connectivity index (χ0) is 20.4. The molecule has 0 saturated carbocycles. The summed E-state index contributed by atoms with van der Waals surface area (Å²) < 4.78 is 0. The van der Waals surface area contributed by atoms with Crippen LogP contribution >= 0.6 is 11.8 Å². The Morgan fingerprint density at radius 1 is 1.11 bits per heavy atom. The van der Waals surface area contributed by atoms with E-state index in [-0.39, 0.29) is 10.8 Å². The number of para-hydroxylation sites is 1. The van der Waals surface area contributed by atoms with Crippen LogP contribution in [0.4, 0.5) is 5.69 Å². The highest BCUT2D eigenvalue weighted by Crippen LogP contribution is 2.26. The molecule has 1 aromatic carbocycles. The first kappa shape index (κ1) is 22.0. The summed E-state index contributed by atoms with van der Waals surface area (Å²) in [6.45, 7) is 3.53. The van der Waals surface area contributed by atoms with Gasteiger partial charge in [0, 0.05) is 38.3 Å². The minimum Gasteiger partial charge on any atom is -0.369 e. The number of nitrogens with two attached hydrogens (primary N) is 2. The van der Waals surface area contributed by atoms with Gasteiger partial charge in [-0.2, -0.15) is 0 Å². The van der Waals surface area contributed by atoms with Crippen molar-refractivity contribution in [2.24, 2.45) is 11.5 Å². The van der Waals surface area contributed by atoms with Crippen LogP contribution in [0.15, 0.2) is 29.2 Å². The normalized spacial score (nSPS) is 15.2. The summed E-state index contributed by atoms with van der Waals surface area (Å²) in [4.78, 5) is 39.1. The smallest absolute Gasteiger partial charge is 0.255 e. The molecule has 7 nitrogen and oxygen atoms in total. The van der Waals surface area contributed by atoms with Crippen molar-refractivity contribution in [2.75, 3.05) is 37.6 Å². The predicted molar refractivity (Wildman–Crippen MR) is 114 cm³/mol. The maximum Gasteiger partial charge on any atom is 0.255 e. The Bertz CT molecular complexity index is 723. The minimum absolute atomic E-state index is 0.182. The second-order valence-corrected chi connectivity index (χ2v) is 7.48. The topological polar surface area (TPSA) is 110 Å². The van der Waals surface area contributed by atoms with Gasteiger partial charge in [-0.15, -0.1) is 0 Å². The van der Waals surface area contributed by atoms with Gasteiger partial charge in [-0.25, -0.2) is 0 Å². The van der Waals surface area contributed by atoms with Gasteiger partial charge < -0.3 is 21.3 Å². The predicted octanol–water partition coefficient (Wildman–Crippen LogP) is 1.60. The molecule has 1 aromatic rings. The van der Waals surface area contributed by atoms with E-state index in [4.69, 9.17) is 11.5 Å². The van der Waals surface area contributed by atoms with E-state index in [9.17, 15) is 14.4 Å². The molecule has 0 spiro atoms. The van der Waals surface area contributed by atoms with Gasteiger partial charge in [0.1, 0.15) is 0 Å². The first-order valence-electron chi connectivity index (χ1n) is 9.50. The van der Waals surface area contributed by atoms with E-state index in [1.165, 1.54) is 0 Å². The summed E-state index contributed by atoms with van der Waals surface area (Å²) in [6, 6.07) is 7.69. The van der Waals surface area contributed by atoms with Crippen LogP contribution in [-0.2, 0) is 14.4 Å². The molecule has 0 aromatic heterocycles. The third-order valence-corrected chi connectivity index (χ3v) is 5.34. The zero-order valence-corrected chi connectivity index (χ0v) is 16.8. The van der Waals surface area contributed by atoms with Crippen LogP contribution in [0.3, 0.4) is 0 Å². The number of carbonyl (C=O) groups excluding carboxylic acids is 3. The molecule has 1 heterocycles. The van der Waals surface area contributed by atoms with E-state index in [0.717, 1.165) is 55.4 Å². The Kier molecular flexibility index (Phi) is 9.03. The fraction of sp³-hybridized carbons (Fsp3) is 0.450. The fourth-order valence-electron chi connectivity index (χ4n) is 3.24. The summed E-state index contributed by atoms with van der Waals surface area (Å²) in [5.74, 6) is -0.445. The van der Waals surface area contributed by atoms with Crippen LogP contribution in [0.1, 0.15) is 31.2 Å². The largest absolute Gasteiger partial charge is 0.369 e. The Hall–Kier alpha value is -2.32. The lowest BCUT2D eigenvalue weighted by atomic mass is 10.1. The second kappa shape index (κ2) is 11.5. The van der Waals surface area contributed by atoms with Crippen molar-refractivity contribution >= 4 is 41.0 Å². The summed E-state index contributed by atoms with van der Waals surface area (Å²) in [5.41, 5.74) is 13.3. The van der Waals surface area contributed by atoms with Gasteiger partial charge >= 0.3 is 0 Å². The Morgan fingerprint density at radius 3 is 2.61 bits per heavy atom. The third-order valence-electron chi connectivity index (χ3n) is 4.68. The van der Waals surface area contributed by atoms with Crippen molar-refractivity contribution < 1.29 is 14.4 Å². The van der Waals surface area contributed by atoms with E-state index in [0.29, 0.717) is 31.7 Å². The lowest BCUT2D eigenvalue weighted by molar-refractivity contribution is -0.131. The molecule has 4 N–H and O–H groups in total. The van der Waals surface area contributed by atoms with Crippen LogP contribution in [0, 0.1) is 0 Å². The minimum atomic E-state index is -0.628. The average molecular weight is 405 g/mol. The Balaban J connectivity index is 2.12. The van der Waals surface area contributed by atoms with Crippen molar-refractivity contribution in [3.8, 4) is 0 Å². The van der Waals surface area contributed by atoms with E-state index < -0.39 is 5.91 Å². The first-order chi connectivity index (χ1) is 13.6. The van der Waals surface area contributed by atoms with Gasteiger partial charge in [0.15, 0.2) is 5.62 Å². The maximum atomic E-state index is 12.4. The number of amides is 2. The number of carbonyl (C=O) groups is 3. The van der Waals surface area contributed by atoms with Gasteiger partial charge in [0.2, 0.25) is 5.91 Å². The number of hydrogen-bond donors (Lipinski definition) is 2. The first-order valence-corrected chi connectivity index (χ1v) is 10.4. The van der Waals surface area contributed by atoms with Gasteiger partial charge in [0.05, 0.1) is 4.91 Å². The van der Waals surface area contributed by atoms with Crippen LogP contribution < -0.4 is 16.4 Å². The highest BCUT2D eigenvalue weighted by atomic mass is 32.2. The lowest BCUT2D eigenvalue weighted by Crippen LogP contribution is -2.35. The lowest BCUT2D eigenvalue weighted by Gasteiger charge is -2.25. The molecule has 0 unspecified atom stereocenters. The summed E-state index contributed by atoms with van der Waals surface area (Å²) >= 11 is 0.778. The van der Waals surface area contributed by atoms with Gasteiger partial charge in [-0.05, 0) is 55.3 Å². The quantitative estimate of drug-likeness (QED) is 0.368. The van der Waals surface area contributed by atoms with Crippen LogP contribution in [0.5, 0.6) is 0 Å².